The van der Waals surface area contributed by atoms with Crippen LogP contribution < -0.4 is 4.74 Å². The molecule has 1 aromatic rings. The van der Waals surface area contributed by atoms with E-state index in [1.54, 1.807) is 19.1 Å². The summed E-state index contributed by atoms with van der Waals surface area (Å²) in [4.78, 5) is 25.5. The van der Waals surface area contributed by atoms with Crippen LogP contribution in [-0.4, -0.2) is 54.8 Å². The largest absolute Gasteiger partial charge is 0.484 e. The molecule has 1 amide bonds. The van der Waals surface area contributed by atoms with Gasteiger partial charge in [0.05, 0.1) is 25.7 Å². The highest BCUT2D eigenvalue weighted by molar-refractivity contribution is 5.79. The maximum atomic E-state index is 12.5. The van der Waals surface area contributed by atoms with E-state index in [1.165, 1.54) is 12.0 Å². The smallest absolute Gasteiger partial charge is 0.310 e. The van der Waals surface area contributed by atoms with E-state index in [-0.39, 0.29) is 37.7 Å². The van der Waals surface area contributed by atoms with Gasteiger partial charge in [0.15, 0.2) is 6.61 Å². The van der Waals surface area contributed by atoms with Crippen LogP contribution in [0.1, 0.15) is 20.3 Å². The third-order valence-corrected chi connectivity index (χ3v) is 3.62. The van der Waals surface area contributed by atoms with E-state index in [9.17, 15) is 14.7 Å². The summed E-state index contributed by atoms with van der Waals surface area (Å²) < 4.78 is 10.2. The van der Waals surface area contributed by atoms with Crippen molar-refractivity contribution in [3.8, 4) is 5.75 Å². The quantitative estimate of drug-likeness (QED) is 0.697. The van der Waals surface area contributed by atoms with Gasteiger partial charge in [0.25, 0.3) is 5.91 Å². The van der Waals surface area contributed by atoms with Crippen molar-refractivity contribution in [1.29, 1.82) is 0 Å². The molecule has 0 radical (unpaired) electrons. The molecule has 0 spiro atoms. The summed E-state index contributed by atoms with van der Waals surface area (Å²) >= 11 is 0. The molecule has 6 heteroatoms. The van der Waals surface area contributed by atoms with Crippen LogP contribution >= 0.6 is 0 Å². The van der Waals surface area contributed by atoms with E-state index in [0.29, 0.717) is 12.2 Å². The molecule has 0 fully saturated rings. The Balaban J connectivity index is 2.73. The summed E-state index contributed by atoms with van der Waals surface area (Å²) in [6.45, 7) is 3.44. The number of rotatable bonds is 9. The lowest BCUT2D eigenvalue weighted by Crippen LogP contribution is -2.47. The minimum atomic E-state index is -0.471. The Kier molecular flexibility index (Phi) is 8.11. The number of hydrogen-bond acceptors (Lipinski definition) is 5. The van der Waals surface area contributed by atoms with Crippen LogP contribution in [0.4, 0.5) is 0 Å². The first-order chi connectivity index (χ1) is 11.0. The lowest BCUT2D eigenvalue weighted by Gasteiger charge is -2.31. The van der Waals surface area contributed by atoms with Gasteiger partial charge in [0.1, 0.15) is 5.75 Å². The summed E-state index contributed by atoms with van der Waals surface area (Å²) in [5.41, 5.74) is 0. The Morgan fingerprint density at radius 2 is 1.91 bits per heavy atom. The molecule has 0 aromatic heterocycles. The fourth-order valence-corrected chi connectivity index (χ4v) is 2.22. The molecule has 6 nitrogen and oxygen atoms in total. The molecule has 0 aliphatic heterocycles. The molecule has 0 aliphatic carbocycles. The molecule has 0 heterocycles. The molecule has 1 N–H and O–H groups in total. The molecular weight excluding hydrogens is 298 g/mol. The van der Waals surface area contributed by atoms with Gasteiger partial charge in [-0.05, 0) is 18.6 Å². The Morgan fingerprint density at radius 1 is 1.26 bits per heavy atom. The zero-order valence-electron chi connectivity index (χ0n) is 13.9. The monoisotopic (exact) mass is 323 g/mol. The Morgan fingerprint density at radius 3 is 2.43 bits per heavy atom. The first-order valence-electron chi connectivity index (χ1n) is 7.69. The Hall–Kier alpha value is -2.08. The van der Waals surface area contributed by atoms with Crippen LogP contribution in [0.3, 0.4) is 0 Å². The minimum Gasteiger partial charge on any atom is -0.484 e. The average molecular weight is 323 g/mol. The first kappa shape index (κ1) is 19.0. The van der Waals surface area contributed by atoms with Gasteiger partial charge in [-0.25, -0.2) is 0 Å². The zero-order chi connectivity index (χ0) is 17.2. The number of benzene rings is 1. The molecule has 1 rings (SSSR count). The standard InChI is InChI=1S/C17H25NO5/c1-4-14(11-19)18(10-13(2)17(21)22-3)16(20)12-23-15-8-6-5-7-9-15/h5-9,13-14,19H,4,10-12H2,1-3H3. The summed E-state index contributed by atoms with van der Waals surface area (Å²) in [6, 6.07) is 8.67. The van der Waals surface area contributed by atoms with Gasteiger partial charge in [0.2, 0.25) is 0 Å². The fourth-order valence-electron chi connectivity index (χ4n) is 2.22. The summed E-state index contributed by atoms with van der Waals surface area (Å²) in [7, 11) is 1.31. The Labute approximate surface area is 137 Å². The van der Waals surface area contributed by atoms with Gasteiger partial charge < -0.3 is 19.5 Å². The van der Waals surface area contributed by atoms with Crippen LogP contribution in [-0.2, 0) is 14.3 Å². The number of nitrogens with zero attached hydrogens (tertiary/aromatic N) is 1. The lowest BCUT2D eigenvalue weighted by molar-refractivity contribution is -0.148. The normalized spacial score (nSPS) is 13.0. The molecule has 0 saturated heterocycles. The van der Waals surface area contributed by atoms with Crippen molar-refractivity contribution in [3.05, 3.63) is 30.3 Å². The predicted molar refractivity (Wildman–Crippen MR) is 86.0 cm³/mol. The summed E-state index contributed by atoms with van der Waals surface area (Å²) in [6.07, 6.45) is 0.585. The Bertz CT molecular complexity index is 487. The second-order valence-corrected chi connectivity index (χ2v) is 5.32. The van der Waals surface area contributed by atoms with E-state index >= 15 is 0 Å². The van der Waals surface area contributed by atoms with E-state index in [1.807, 2.05) is 25.1 Å². The van der Waals surface area contributed by atoms with Crippen molar-refractivity contribution in [2.45, 2.75) is 26.3 Å². The molecule has 2 atom stereocenters. The predicted octanol–water partition coefficient (Wildman–Crippen LogP) is 1.47. The number of carbonyl (C=O) groups is 2. The molecule has 2 unspecified atom stereocenters. The van der Waals surface area contributed by atoms with Gasteiger partial charge in [-0.15, -0.1) is 0 Å². The van der Waals surface area contributed by atoms with Crippen LogP contribution in [0, 0.1) is 5.92 Å². The molecule has 23 heavy (non-hydrogen) atoms. The van der Waals surface area contributed by atoms with Crippen molar-refractivity contribution in [1.82, 2.24) is 4.90 Å². The van der Waals surface area contributed by atoms with Crippen LogP contribution in [0.25, 0.3) is 0 Å². The van der Waals surface area contributed by atoms with Gasteiger partial charge in [-0.2, -0.15) is 0 Å². The number of amides is 1. The number of hydrogen-bond donors (Lipinski definition) is 1. The van der Waals surface area contributed by atoms with Crippen molar-refractivity contribution < 1.29 is 24.2 Å². The third kappa shape index (κ3) is 5.90. The highest BCUT2D eigenvalue weighted by atomic mass is 16.5. The maximum absolute atomic E-state index is 12.5. The minimum absolute atomic E-state index is 0.144. The summed E-state index contributed by atoms with van der Waals surface area (Å²) in [5, 5.41) is 9.49. The SMILES string of the molecule is CCC(CO)N(CC(C)C(=O)OC)C(=O)COc1ccccc1. The zero-order valence-corrected chi connectivity index (χ0v) is 13.9. The van der Waals surface area contributed by atoms with Gasteiger partial charge in [-0.3, -0.25) is 9.59 Å². The van der Waals surface area contributed by atoms with Crippen LogP contribution in [0.15, 0.2) is 30.3 Å². The molecular formula is C17H25NO5. The number of methoxy groups -OCH3 is 1. The van der Waals surface area contributed by atoms with Gasteiger partial charge in [0, 0.05) is 6.54 Å². The molecule has 0 bridgehead atoms. The lowest BCUT2D eigenvalue weighted by atomic mass is 10.1. The number of ether oxygens (including phenoxy) is 2. The van der Waals surface area contributed by atoms with E-state index < -0.39 is 5.92 Å². The number of aliphatic hydroxyl groups is 1. The highest BCUT2D eigenvalue weighted by Crippen LogP contribution is 2.12. The first-order valence-corrected chi connectivity index (χ1v) is 7.69. The van der Waals surface area contributed by atoms with Crippen molar-refractivity contribution in [3.63, 3.8) is 0 Å². The maximum Gasteiger partial charge on any atom is 0.310 e. The van der Waals surface area contributed by atoms with Crippen molar-refractivity contribution in [2.24, 2.45) is 5.92 Å². The third-order valence-electron chi connectivity index (χ3n) is 3.62. The van der Waals surface area contributed by atoms with Gasteiger partial charge >= 0.3 is 5.97 Å². The average Bonchev–Trinajstić information content (AvgIpc) is 2.59. The highest BCUT2D eigenvalue weighted by Gasteiger charge is 2.27. The van der Waals surface area contributed by atoms with Crippen molar-refractivity contribution >= 4 is 11.9 Å². The van der Waals surface area contributed by atoms with Crippen LogP contribution in [0.2, 0.25) is 0 Å². The molecule has 1 aromatic carbocycles. The van der Waals surface area contributed by atoms with Gasteiger partial charge in [-0.1, -0.05) is 32.0 Å². The topological polar surface area (TPSA) is 76.1 Å². The number of para-hydroxylation sites is 1. The summed E-state index contributed by atoms with van der Waals surface area (Å²) in [5.74, 6) is -0.537. The molecule has 0 aliphatic rings. The second-order valence-electron chi connectivity index (χ2n) is 5.32. The number of esters is 1. The second kappa shape index (κ2) is 9.84. The van der Waals surface area contributed by atoms with Crippen molar-refractivity contribution in [2.75, 3.05) is 26.9 Å². The fraction of sp³-hybridized carbons (Fsp3) is 0.529. The van der Waals surface area contributed by atoms with E-state index in [0.717, 1.165) is 0 Å². The van der Waals surface area contributed by atoms with Crippen LogP contribution in [0.5, 0.6) is 5.75 Å². The number of carbonyl (C=O) groups excluding carboxylic acids is 2. The molecule has 0 saturated carbocycles. The van der Waals surface area contributed by atoms with E-state index in [2.05, 4.69) is 0 Å². The van der Waals surface area contributed by atoms with E-state index in [4.69, 9.17) is 9.47 Å². The number of aliphatic hydroxyl groups excluding tert-OH is 1. The molecule has 128 valence electrons.